The molecule has 0 aromatic carbocycles. The van der Waals surface area contributed by atoms with E-state index in [0.717, 1.165) is 37.8 Å². The van der Waals surface area contributed by atoms with Crippen LogP contribution in [0.5, 0.6) is 0 Å². The van der Waals surface area contributed by atoms with Crippen molar-refractivity contribution in [3.05, 3.63) is 0 Å². The molecule has 3 aliphatic carbocycles. The van der Waals surface area contributed by atoms with Crippen molar-refractivity contribution in [3.63, 3.8) is 0 Å². The molecule has 2 unspecified atom stereocenters. The Hall–Kier alpha value is -0.570. The summed E-state index contributed by atoms with van der Waals surface area (Å²) < 4.78 is 6.40. The summed E-state index contributed by atoms with van der Waals surface area (Å²) in [4.78, 5) is 15.0. The van der Waals surface area contributed by atoms with Gasteiger partial charge in [0.25, 0.3) is 0 Å². The van der Waals surface area contributed by atoms with E-state index in [2.05, 4.69) is 18.7 Å². The van der Waals surface area contributed by atoms with E-state index in [1.54, 1.807) is 0 Å². The molecule has 1 saturated heterocycles. The summed E-state index contributed by atoms with van der Waals surface area (Å²) in [5.74, 6) is 2.28. The molecule has 3 nitrogen and oxygen atoms in total. The number of rotatable bonds is 1. The number of amides is 1. The van der Waals surface area contributed by atoms with Crippen LogP contribution in [0.15, 0.2) is 0 Å². The summed E-state index contributed by atoms with van der Waals surface area (Å²) in [6.07, 6.45) is 8.71. The van der Waals surface area contributed by atoms with Crippen molar-refractivity contribution in [2.75, 3.05) is 13.1 Å². The molecule has 3 saturated carbocycles. The van der Waals surface area contributed by atoms with Gasteiger partial charge >= 0.3 is 0 Å². The van der Waals surface area contributed by atoms with E-state index in [-0.39, 0.29) is 11.2 Å². The molecule has 0 N–H and O–H groups in total. The highest BCUT2D eigenvalue weighted by Crippen LogP contribution is 2.58. The Morgan fingerprint density at radius 3 is 2.35 bits per heavy atom. The highest BCUT2D eigenvalue weighted by Gasteiger charge is 2.59. The number of carbonyl (C=O) groups excluding carboxylic acids is 1. The number of nitrogens with zero attached hydrogens (tertiary/aromatic N) is 1. The smallest absolute Gasteiger partial charge is 0.226 e. The van der Waals surface area contributed by atoms with Crippen molar-refractivity contribution in [1.82, 2.24) is 4.90 Å². The number of fused-ring (bicyclic) bond motifs is 1. The van der Waals surface area contributed by atoms with Crippen molar-refractivity contribution < 1.29 is 9.53 Å². The van der Waals surface area contributed by atoms with E-state index >= 15 is 0 Å². The van der Waals surface area contributed by atoms with Crippen LogP contribution >= 0.6 is 0 Å². The fourth-order valence-corrected chi connectivity index (χ4v) is 5.35. The van der Waals surface area contributed by atoms with E-state index < -0.39 is 0 Å². The molecule has 0 aromatic rings. The molecule has 4 fully saturated rings. The molecule has 0 aromatic heterocycles. The van der Waals surface area contributed by atoms with Crippen molar-refractivity contribution in [2.24, 2.45) is 17.8 Å². The first-order valence-electron chi connectivity index (χ1n) is 8.49. The van der Waals surface area contributed by atoms with Crippen molar-refractivity contribution in [2.45, 2.75) is 70.0 Å². The number of hydrogen-bond donors (Lipinski definition) is 0. The van der Waals surface area contributed by atoms with Gasteiger partial charge in [0.05, 0.1) is 11.2 Å². The third kappa shape index (κ3) is 2.01. The van der Waals surface area contributed by atoms with Crippen LogP contribution in [0.1, 0.15) is 58.8 Å². The summed E-state index contributed by atoms with van der Waals surface area (Å²) in [5, 5.41) is 0. The van der Waals surface area contributed by atoms with Gasteiger partial charge in [0.1, 0.15) is 0 Å². The van der Waals surface area contributed by atoms with Crippen LogP contribution in [0.4, 0.5) is 0 Å². The maximum absolute atomic E-state index is 12.9. The molecule has 4 aliphatic rings. The SMILES string of the molecule is CC1(C)CN(C(=O)C2C3CCCC32)CC2(CCCC2)O1. The Labute approximate surface area is 122 Å². The summed E-state index contributed by atoms with van der Waals surface area (Å²) in [7, 11) is 0. The molecule has 1 amide bonds. The van der Waals surface area contributed by atoms with Crippen LogP contribution < -0.4 is 0 Å². The molecule has 1 spiro atoms. The van der Waals surface area contributed by atoms with Gasteiger partial charge in [-0.3, -0.25) is 4.79 Å². The highest BCUT2D eigenvalue weighted by atomic mass is 16.5. The Bertz CT molecular complexity index is 415. The van der Waals surface area contributed by atoms with Crippen LogP contribution in [-0.2, 0) is 9.53 Å². The lowest BCUT2D eigenvalue weighted by Crippen LogP contribution is -2.60. The molecule has 3 heteroatoms. The first kappa shape index (κ1) is 13.1. The van der Waals surface area contributed by atoms with Gasteiger partial charge in [-0.25, -0.2) is 0 Å². The lowest BCUT2D eigenvalue weighted by Gasteiger charge is -2.49. The monoisotopic (exact) mass is 277 g/mol. The second-order valence-electron chi connectivity index (χ2n) is 8.23. The average molecular weight is 277 g/mol. The molecule has 1 heterocycles. The Morgan fingerprint density at radius 2 is 1.70 bits per heavy atom. The Kier molecular flexibility index (Phi) is 2.77. The van der Waals surface area contributed by atoms with Gasteiger partial charge in [-0.15, -0.1) is 0 Å². The van der Waals surface area contributed by atoms with Crippen LogP contribution in [0, 0.1) is 17.8 Å². The van der Waals surface area contributed by atoms with Gasteiger partial charge in [-0.05, 0) is 51.4 Å². The molecule has 0 bridgehead atoms. The Balaban J connectivity index is 1.51. The third-order valence-corrected chi connectivity index (χ3v) is 6.06. The van der Waals surface area contributed by atoms with E-state index in [4.69, 9.17) is 4.74 Å². The molecule has 4 rings (SSSR count). The summed E-state index contributed by atoms with van der Waals surface area (Å²) in [6.45, 7) is 5.94. The molecular weight excluding hydrogens is 250 g/mol. The fraction of sp³-hybridized carbons (Fsp3) is 0.941. The number of ether oxygens (including phenoxy) is 1. The van der Waals surface area contributed by atoms with Gasteiger partial charge in [0.15, 0.2) is 0 Å². The predicted molar refractivity (Wildman–Crippen MR) is 77.3 cm³/mol. The van der Waals surface area contributed by atoms with E-state index in [0.29, 0.717) is 11.8 Å². The van der Waals surface area contributed by atoms with Crippen LogP contribution in [0.3, 0.4) is 0 Å². The third-order valence-electron chi connectivity index (χ3n) is 6.06. The van der Waals surface area contributed by atoms with Crippen LogP contribution in [-0.4, -0.2) is 35.1 Å². The van der Waals surface area contributed by atoms with Crippen LogP contribution in [0.2, 0.25) is 0 Å². The normalized spacial score (nSPS) is 40.9. The maximum atomic E-state index is 12.9. The minimum Gasteiger partial charge on any atom is -0.365 e. The fourth-order valence-electron chi connectivity index (χ4n) is 5.35. The first-order chi connectivity index (χ1) is 9.50. The zero-order valence-corrected chi connectivity index (χ0v) is 12.9. The van der Waals surface area contributed by atoms with Crippen LogP contribution in [0.25, 0.3) is 0 Å². The Morgan fingerprint density at radius 1 is 1.05 bits per heavy atom. The summed E-state index contributed by atoms with van der Waals surface area (Å²) in [5.41, 5.74) is -0.205. The molecule has 0 radical (unpaired) electrons. The van der Waals surface area contributed by atoms with Gasteiger partial charge in [-0.2, -0.15) is 0 Å². The zero-order valence-electron chi connectivity index (χ0n) is 12.9. The molecule has 2 atom stereocenters. The lowest BCUT2D eigenvalue weighted by atomic mass is 9.93. The van der Waals surface area contributed by atoms with E-state index in [1.807, 2.05) is 0 Å². The lowest BCUT2D eigenvalue weighted by molar-refractivity contribution is -0.199. The van der Waals surface area contributed by atoms with Gasteiger partial charge < -0.3 is 9.64 Å². The summed E-state index contributed by atoms with van der Waals surface area (Å²) in [6, 6.07) is 0. The van der Waals surface area contributed by atoms with E-state index in [1.165, 1.54) is 32.1 Å². The number of hydrogen-bond acceptors (Lipinski definition) is 2. The zero-order chi connectivity index (χ0) is 14.0. The molecular formula is C17H27NO2. The second kappa shape index (κ2) is 4.22. The van der Waals surface area contributed by atoms with Gasteiger partial charge in [0, 0.05) is 19.0 Å². The average Bonchev–Trinajstić information content (AvgIpc) is 2.77. The van der Waals surface area contributed by atoms with Crippen molar-refractivity contribution in [1.29, 1.82) is 0 Å². The number of morpholine rings is 1. The highest BCUT2D eigenvalue weighted by molar-refractivity contribution is 5.83. The quantitative estimate of drug-likeness (QED) is 0.737. The van der Waals surface area contributed by atoms with Gasteiger partial charge in [0.2, 0.25) is 5.91 Å². The predicted octanol–water partition coefficient (Wildman–Crippen LogP) is 2.98. The minimum atomic E-state index is -0.178. The molecule has 1 aliphatic heterocycles. The van der Waals surface area contributed by atoms with E-state index in [9.17, 15) is 4.79 Å². The minimum absolute atomic E-state index is 0.0264. The van der Waals surface area contributed by atoms with Crippen molar-refractivity contribution >= 4 is 5.91 Å². The van der Waals surface area contributed by atoms with Crippen molar-refractivity contribution in [3.8, 4) is 0 Å². The number of carbonyl (C=O) groups is 1. The molecule has 20 heavy (non-hydrogen) atoms. The standard InChI is InChI=1S/C17H27NO2/c1-16(2)10-18(11-17(20-16)8-3-4-9-17)15(19)14-12-6-5-7-13(12)14/h12-14H,3-11H2,1-2H3. The topological polar surface area (TPSA) is 29.5 Å². The largest absolute Gasteiger partial charge is 0.365 e. The van der Waals surface area contributed by atoms with Gasteiger partial charge in [-0.1, -0.05) is 19.3 Å². The molecule has 112 valence electrons. The second-order valence-corrected chi connectivity index (χ2v) is 8.23. The summed E-state index contributed by atoms with van der Waals surface area (Å²) >= 11 is 0. The maximum Gasteiger partial charge on any atom is 0.226 e. The first-order valence-corrected chi connectivity index (χ1v) is 8.49.